The summed E-state index contributed by atoms with van der Waals surface area (Å²) in [6.07, 6.45) is 11.3. The molecule has 0 saturated carbocycles. The van der Waals surface area contributed by atoms with Gasteiger partial charge in [-0.2, -0.15) is 0 Å². The molecule has 2 aliphatic rings. The summed E-state index contributed by atoms with van der Waals surface area (Å²) in [4.78, 5) is 8.83. The predicted octanol–water partition coefficient (Wildman–Crippen LogP) is 2.14. The van der Waals surface area contributed by atoms with Gasteiger partial charge in [-0.3, -0.25) is 0 Å². The average Bonchev–Trinajstić information content (AvgIpc) is 2.79. The maximum atomic E-state index is 11.8. The third kappa shape index (κ3) is 3.95. The number of hydrogen-bond donors (Lipinski definition) is 1. The highest BCUT2D eigenvalue weighted by Gasteiger charge is 2.24. The van der Waals surface area contributed by atoms with E-state index < -0.39 is 10.0 Å². The normalized spacial score (nSPS) is 20.7. The van der Waals surface area contributed by atoms with E-state index in [9.17, 15) is 8.42 Å². The van der Waals surface area contributed by atoms with Gasteiger partial charge >= 0.3 is 0 Å². The lowest BCUT2D eigenvalue weighted by molar-refractivity contribution is 0.430. The molecule has 0 fully saturated rings. The van der Waals surface area contributed by atoms with Crippen molar-refractivity contribution in [1.29, 1.82) is 0 Å². The summed E-state index contributed by atoms with van der Waals surface area (Å²) < 4.78 is 25.2. The number of anilines is 1. The van der Waals surface area contributed by atoms with Crippen LogP contribution in [0.2, 0.25) is 0 Å². The Hall–Kier alpha value is -1.47. The fourth-order valence-electron chi connectivity index (χ4n) is 3.52. The smallest absolute Gasteiger partial charge is 0.211 e. The van der Waals surface area contributed by atoms with Gasteiger partial charge < -0.3 is 5.32 Å². The van der Waals surface area contributed by atoms with Crippen molar-refractivity contribution < 1.29 is 8.42 Å². The van der Waals surface area contributed by atoms with Gasteiger partial charge in [-0.1, -0.05) is 11.6 Å². The van der Waals surface area contributed by atoms with Crippen LogP contribution >= 0.6 is 0 Å². The van der Waals surface area contributed by atoms with E-state index in [2.05, 4.69) is 28.3 Å². The van der Waals surface area contributed by atoms with Crippen molar-refractivity contribution in [3.63, 3.8) is 0 Å². The molecule has 132 valence electrons. The van der Waals surface area contributed by atoms with E-state index in [1.807, 2.05) is 0 Å². The molecule has 7 heteroatoms. The van der Waals surface area contributed by atoms with Crippen LogP contribution in [0.4, 0.5) is 5.82 Å². The van der Waals surface area contributed by atoms with Crippen molar-refractivity contribution in [3.8, 4) is 0 Å². The number of fused-ring (bicyclic) bond motifs is 1. The predicted molar refractivity (Wildman–Crippen MR) is 95.5 cm³/mol. The van der Waals surface area contributed by atoms with E-state index in [-0.39, 0.29) is 6.04 Å². The summed E-state index contributed by atoms with van der Waals surface area (Å²) in [7, 11) is -3.16. The Balaban J connectivity index is 1.79. The summed E-state index contributed by atoms with van der Waals surface area (Å²) in [6.45, 7) is 3.15. The first-order chi connectivity index (χ1) is 11.4. The molecule has 1 aromatic heterocycles. The molecule has 1 aliphatic carbocycles. The van der Waals surface area contributed by atoms with Crippen molar-refractivity contribution >= 4 is 15.8 Å². The van der Waals surface area contributed by atoms with Crippen LogP contribution in [0.25, 0.3) is 0 Å². The monoisotopic (exact) mass is 350 g/mol. The Bertz CT molecular complexity index is 730. The van der Waals surface area contributed by atoms with Crippen molar-refractivity contribution in [2.24, 2.45) is 0 Å². The fourth-order valence-corrected chi connectivity index (χ4v) is 4.36. The zero-order valence-corrected chi connectivity index (χ0v) is 15.3. The van der Waals surface area contributed by atoms with Crippen LogP contribution < -0.4 is 5.32 Å². The van der Waals surface area contributed by atoms with Crippen LogP contribution in [0.1, 0.15) is 43.9 Å². The largest absolute Gasteiger partial charge is 0.364 e. The molecule has 24 heavy (non-hydrogen) atoms. The molecule has 1 aromatic rings. The van der Waals surface area contributed by atoms with E-state index in [4.69, 9.17) is 0 Å². The summed E-state index contributed by atoms with van der Waals surface area (Å²) >= 11 is 0. The number of sulfonamides is 1. The van der Waals surface area contributed by atoms with Gasteiger partial charge in [-0.25, -0.2) is 22.7 Å². The molecule has 0 saturated heterocycles. The molecule has 0 amide bonds. The van der Waals surface area contributed by atoms with E-state index in [1.165, 1.54) is 29.0 Å². The van der Waals surface area contributed by atoms with E-state index in [0.29, 0.717) is 25.9 Å². The Morgan fingerprint density at radius 2 is 1.96 bits per heavy atom. The van der Waals surface area contributed by atoms with E-state index in [1.54, 1.807) is 6.33 Å². The van der Waals surface area contributed by atoms with E-state index in [0.717, 1.165) is 29.9 Å². The van der Waals surface area contributed by atoms with Crippen LogP contribution in [0.15, 0.2) is 18.0 Å². The Labute approximate surface area is 144 Å². The maximum Gasteiger partial charge on any atom is 0.211 e. The topological polar surface area (TPSA) is 75.2 Å². The Morgan fingerprint density at radius 3 is 2.67 bits per heavy atom. The third-order valence-corrected chi connectivity index (χ3v) is 6.25. The number of nitrogens with zero attached hydrogens (tertiary/aromatic N) is 3. The van der Waals surface area contributed by atoms with Crippen LogP contribution in [-0.4, -0.2) is 48.1 Å². The van der Waals surface area contributed by atoms with Crippen LogP contribution in [0.3, 0.4) is 0 Å². The molecule has 6 nitrogen and oxygen atoms in total. The summed E-state index contributed by atoms with van der Waals surface area (Å²) in [6, 6.07) is 0.249. The zero-order chi connectivity index (χ0) is 17.2. The van der Waals surface area contributed by atoms with Gasteiger partial charge in [-0.05, 0) is 39.0 Å². The lowest BCUT2D eigenvalue weighted by atomic mass is 9.94. The van der Waals surface area contributed by atoms with Crippen molar-refractivity contribution in [1.82, 2.24) is 14.3 Å². The molecule has 0 aromatic carbocycles. The number of hydrogen-bond acceptors (Lipinski definition) is 5. The van der Waals surface area contributed by atoms with Gasteiger partial charge in [0.25, 0.3) is 0 Å². The summed E-state index contributed by atoms with van der Waals surface area (Å²) in [5, 5.41) is 3.53. The van der Waals surface area contributed by atoms with Crippen molar-refractivity contribution in [3.05, 3.63) is 29.2 Å². The van der Waals surface area contributed by atoms with Gasteiger partial charge in [0.05, 0.1) is 11.9 Å². The molecule has 1 N–H and O–H groups in total. The van der Waals surface area contributed by atoms with Gasteiger partial charge in [-0.15, -0.1) is 0 Å². The first-order valence-corrected chi connectivity index (χ1v) is 10.5. The lowest BCUT2D eigenvalue weighted by Gasteiger charge is -2.23. The van der Waals surface area contributed by atoms with Crippen LogP contribution in [-0.2, 0) is 22.9 Å². The van der Waals surface area contributed by atoms with Crippen molar-refractivity contribution in [2.75, 3.05) is 24.7 Å². The fraction of sp³-hybridized carbons (Fsp3) is 0.647. The Morgan fingerprint density at radius 1 is 1.17 bits per heavy atom. The molecule has 2 heterocycles. The first kappa shape index (κ1) is 17.4. The number of nitrogens with one attached hydrogen (secondary N) is 1. The molecule has 1 atom stereocenters. The first-order valence-electron chi connectivity index (χ1n) is 8.68. The standard InChI is InChI=1S/C17H26N4O2S/c1-13(14-6-4-3-5-7-14)20-17-15-8-10-21(24(2,22)23)11-9-16(15)18-12-19-17/h6,12-13H,3-5,7-11H2,1-2H3,(H,18,19,20). The van der Waals surface area contributed by atoms with Gasteiger partial charge in [0.15, 0.2) is 0 Å². The second kappa shape index (κ2) is 7.19. The highest BCUT2D eigenvalue weighted by atomic mass is 32.2. The van der Waals surface area contributed by atoms with Crippen LogP contribution in [0, 0.1) is 0 Å². The average molecular weight is 350 g/mol. The number of aromatic nitrogens is 2. The van der Waals surface area contributed by atoms with Gasteiger partial charge in [0.2, 0.25) is 10.0 Å². The quantitative estimate of drug-likeness (QED) is 0.842. The zero-order valence-electron chi connectivity index (χ0n) is 14.5. The summed E-state index contributed by atoms with van der Waals surface area (Å²) in [5.41, 5.74) is 3.47. The second-order valence-corrected chi connectivity index (χ2v) is 8.68. The van der Waals surface area contributed by atoms with Gasteiger partial charge in [0.1, 0.15) is 12.1 Å². The minimum atomic E-state index is -3.16. The van der Waals surface area contributed by atoms with Crippen molar-refractivity contribution in [2.45, 2.75) is 51.5 Å². The molecule has 0 bridgehead atoms. The minimum absolute atomic E-state index is 0.249. The number of rotatable bonds is 4. The molecule has 0 radical (unpaired) electrons. The number of allylic oxidation sites excluding steroid dienone is 1. The second-order valence-electron chi connectivity index (χ2n) is 6.70. The third-order valence-electron chi connectivity index (χ3n) is 4.95. The molecular formula is C17H26N4O2S. The highest BCUT2D eigenvalue weighted by molar-refractivity contribution is 7.88. The summed E-state index contributed by atoms with van der Waals surface area (Å²) in [5.74, 6) is 0.856. The molecule has 1 aliphatic heterocycles. The Kier molecular flexibility index (Phi) is 5.20. The molecule has 0 spiro atoms. The minimum Gasteiger partial charge on any atom is -0.364 e. The lowest BCUT2D eigenvalue weighted by Crippen LogP contribution is -2.32. The highest BCUT2D eigenvalue weighted by Crippen LogP contribution is 2.25. The maximum absolute atomic E-state index is 11.8. The van der Waals surface area contributed by atoms with Gasteiger partial charge in [0, 0.05) is 31.1 Å². The van der Waals surface area contributed by atoms with Crippen LogP contribution in [0.5, 0.6) is 0 Å². The SMILES string of the molecule is CC(Nc1ncnc2c1CCN(S(C)(=O)=O)CC2)C1=CCCCC1. The molecule has 1 unspecified atom stereocenters. The van der Waals surface area contributed by atoms with E-state index >= 15 is 0 Å². The molecular weight excluding hydrogens is 324 g/mol. The molecule has 3 rings (SSSR count).